The van der Waals surface area contributed by atoms with Crippen LogP contribution in [0.1, 0.15) is 16.8 Å². The van der Waals surface area contributed by atoms with Crippen molar-refractivity contribution in [3.8, 4) is 17.3 Å². The molecule has 2 rings (SSSR count). The molecule has 0 radical (unpaired) electrons. The first kappa shape index (κ1) is 11.0. The lowest BCUT2D eigenvalue weighted by molar-refractivity contribution is 1.06. The number of nitriles is 1. The summed E-state index contributed by atoms with van der Waals surface area (Å²) >= 11 is 0. The van der Waals surface area contributed by atoms with Crippen molar-refractivity contribution in [2.45, 2.75) is 13.8 Å². The summed E-state index contributed by atoms with van der Waals surface area (Å²) in [5, 5.41) is 14.0. The minimum Gasteiger partial charge on any atom is -0.383 e. The highest BCUT2D eigenvalue weighted by Gasteiger charge is 2.17. The first-order valence-electron chi connectivity index (χ1n) is 4.99. The molecule has 0 unspecified atom stereocenters. The molecular weight excluding hydrogens is 218 g/mol. The molecule has 17 heavy (non-hydrogen) atoms. The van der Waals surface area contributed by atoms with Gasteiger partial charge in [-0.1, -0.05) is 0 Å². The highest BCUT2D eigenvalue weighted by Crippen LogP contribution is 2.24. The van der Waals surface area contributed by atoms with Gasteiger partial charge in [-0.05, 0) is 25.5 Å². The van der Waals surface area contributed by atoms with Crippen molar-refractivity contribution >= 4 is 5.82 Å². The molecule has 0 saturated heterocycles. The van der Waals surface area contributed by atoms with Crippen LogP contribution >= 0.6 is 0 Å². The number of nitrogens with one attached hydrogen (secondary N) is 2. The summed E-state index contributed by atoms with van der Waals surface area (Å²) in [6.45, 7) is 3.60. The van der Waals surface area contributed by atoms with Gasteiger partial charge < -0.3 is 5.73 Å². The minimum atomic E-state index is -0.378. The van der Waals surface area contributed by atoms with Crippen LogP contribution in [0.15, 0.2) is 10.9 Å². The molecule has 0 spiro atoms. The van der Waals surface area contributed by atoms with E-state index in [0.29, 0.717) is 11.3 Å². The monoisotopic (exact) mass is 229 g/mol. The van der Waals surface area contributed by atoms with E-state index in [4.69, 9.17) is 11.0 Å². The van der Waals surface area contributed by atoms with Gasteiger partial charge in [0, 0.05) is 5.69 Å². The Labute approximate surface area is 97.1 Å². The average molecular weight is 229 g/mol. The smallest absolute Gasteiger partial charge is 0.275 e. The molecule has 0 fully saturated rings. The van der Waals surface area contributed by atoms with Crippen LogP contribution in [0.2, 0.25) is 0 Å². The quantitative estimate of drug-likeness (QED) is 0.672. The number of nitrogen functional groups attached to an aromatic ring is 1. The van der Waals surface area contributed by atoms with Crippen LogP contribution in [0.5, 0.6) is 0 Å². The highest BCUT2D eigenvalue weighted by molar-refractivity contribution is 5.75. The number of nitrogens with zero attached hydrogens (tertiary/aromatic N) is 2. The topological polar surface area (TPSA) is 111 Å². The fraction of sp³-hybridized carbons (Fsp3) is 0.182. The fourth-order valence-corrected chi connectivity index (χ4v) is 1.77. The molecular formula is C11H11N5O. The molecule has 4 N–H and O–H groups in total. The zero-order valence-corrected chi connectivity index (χ0v) is 9.46. The Morgan fingerprint density at radius 1 is 1.41 bits per heavy atom. The number of pyridine rings is 1. The van der Waals surface area contributed by atoms with Gasteiger partial charge in [-0.3, -0.25) is 20.0 Å². The van der Waals surface area contributed by atoms with Crippen molar-refractivity contribution in [1.82, 2.24) is 15.2 Å². The number of hydrogen-bond acceptors (Lipinski definition) is 4. The summed E-state index contributed by atoms with van der Waals surface area (Å²) in [5.74, 6) is 0.184. The van der Waals surface area contributed by atoms with Gasteiger partial charge >= 0.3 is 0 Å². The zero-order chi connectivity index (χ0) is 12.6. The van der Waals surface area contributed by atoms with Crippen molar-refractivity contribution in [2.24, 2.45) is 0 Å². The van der Waals surface area contributed by atoms with E-state index >= 15 is 0 Å². The summed E-state index contributed by atoms with van der Waals surface area (Å²) in [5.41, 5.74) is 7.70. The van der Waals surface area contributed by atoms with Crippen LogP contribution in [0, 0.1) is 25.2 Å². The molecule has 0 aromatic carbocycles. The molecule has 2 heterocycles. The van der Waals surface area contributed by atoms with Gasteiger partial charge in [0.1, 0.15) is 17.5 Å². The Morgan fingerprint density at radius 2 is 2.12 bits per heavy atom. The predicted octanol–water partition coefficient (Wildman–Crippen LogP) is 0.836. The van der Waals surface area contributed by atoms with E-state index in [2.05, 4.69) is 15.2 Å². The predicted molar refractivity (Wildman–Crippen MR) is 63.2 cm³/mol. The second kappa shape index (κ2) is 3.79. The maximum absolute atomic E-state index is 11.6. The van der Waals surface area contributed by atoms with Crippen LogP contribution in [0.3, 0.4) is 0 Å². The lowest BCUT2D eigenvalue weighted by Crippen LogP contribution is -2.07. The normalized spacial score (nSPS) is 10.2. The summed E-state index contributed by atoms with van der Waals surface area (Å²) in [6, 6.07) is 3.84. The minimum absolute atomic E-state index is 0.184. The second-order valence-electron chi connectivity index (χ2n) is 3.78. The lowest BCUT2D eigenvalue weighted by Gasteiger charge is -2.05. The van der Waals surface area contributed by atoms with E-state index in [-0.39, 0.29) is 16.9 Å². The summed E-state index contributed by atoms with van der Waals surface area (Å²) < 4.78 is 0. The van der Waals surface area contributed by atoms with Gasteiger partial charge in [-0.15, -0.1) is 0 Å². The molecule has 6 heteroatoms. The standard InChI is InChI=1S/C11H11N5O/c1-5-3-6(2)14-9(7(5)4-12)8-10(13)15-16-11(8)17/h3H,1-2H3,(H4,13,15,16,17). The Hall–Kier alpha value is -2.55. The van der Waals surface area contributed by atoms with E-state index in [1.165, 1.54) is 0 Å². The molecule has 0 bridgehead atoms. The third kappa shape index (κ3) is 1.67. The number of rotatable bonds is 1. The largest absolute Gasteiger partial charge is 0.383 e. The summed E-state index contributed by atoms with van der Waals surface area (Å²) in [7, 11) is 0. The molecule has 0 aliphatic carbocycles. The first-order chi connectivity index (χ1) is 8.04. The van der Waals surface area contributed by atoms with Crippen LogP contribution < -0.4 is 11.3 Å². The third-order valence-electron chi connectivity index (χ3n) is 2.50. The van der Waals surface area contributed by atoms with Crippen molar-refractivity contribution in [1.29, 1.82) is 5.26 Å². The zero-order valence-electron chi connectivity index (χ0n) is 9.46. The van der Waals surface area contributed by atoms with Crippen molar-refractivity contribution < 1.29 is 0 Å². The van der Waals surface area contributed by atoms with Crippen molar-refractivity contribution in [3.63, 3.8) is 0 Å². The van der Waals surface area contributed by atoms with Crippen LogP contribution in [-0.4, -0.2) is 15.2 Å². The van der Waals surface area contributed by atoms with Crippen molar-refractivity contribution in [2.75, 3.05) is 5.73 Å². The van der Waals surface area contributed by atoms with Crippen LogP contribution in [0.25, 0.3) is 11.3 Å². The molecule has 0 aliphatic heterocycles. The Kier molecular flexibility index (Phi) is 2.44. The Balaban J connectivity index is 2.85. The van der Waals surface area contributed by atoms with E-state index in [1.54, 1.807) is 19.9 Å². The summed E-state index contributed by atoms with van der Waals surface area (Å²) in [4.78, 5) is 15.8. The molecule has 0 atom stereocenters. The molecule has 0 saturated carbocycles. The molecule has 0 aliphatic rings. The van der Waals surface area contributed by atoms with Crippen LogP contribution in [0.4, 0.5) is 5.82 Å². The maximum Gasteiger partial charge on any atom is 0.275 e. The van der Waals surface area contributed by atoms with E-state index < -0.39 is 0 Å². The van der Waals surface area contributed by atoms with Crippen molar-refractivity contribution in [3.05, 3.63) is 33.2 Å². The van der Waals surface area contributed by atoms with Gasteiger partial charge in [0.2, 0.25) is 0 Å². The Morgan fingerprint density at radius 3 is 2.65 bits per heavy atom. The number of aromatic amines is 2. The van der Waals surface area contributed by atoms with Crippen LogP contribution in [-0.2, 0) is 0 Å². The van der Waals surface area contributed by atoms with Gasteiger partial charge in [-0.25, -0.2) is 0 Å². The fourth-order valence-electron chi connectivity index (χ4n) is 1.77. The maximum atomic E-state index is 11.6. The molecule has 6 nitrogen and oxygen atoms in total. The van der Waals surface area contributed by atoms with Gasteiger partial charge in [-0.2, -0.15) is 5.26 Å². The molecule has 0 amide bonds. The molecule has 2 aromatic rings. The second-order valence-corrected chi connectivity index (χ2v) is 3.78. The first-order valence-corrected chi connectivity index (χ1v) is 4.99. The number of aryl methyl sites for hydroxylation is 2. The van der Waals surface area contributed by atoms with Gasteiger partial charge in [0.25, 0.3) is 5.56 Å². The average Bonchev–Trinajstić information content (AvgIpc) is 2.57. The number of H-pyrrole nitrogens is 2. The molecule has 2 aromatic heterocycles. The number of nitrogens with two attached hydrogens (primary N) is 1. The highest BCUT2D eigenvalue weighted by atomic mass is 16.1. The number of hydrogen-bond donors (Lipinski definition) is 3. The number of aromatic nitrogens is 3. The van der Waals surface area contributed by atoms with Gasteiger partial charge in [0.15, 0.2) is 0 Å². The van der Waals surface area contributed by atoms with E-state index in [9.17, 15) is 4.79 Å². The lowest BCUT2D eigenvalue weighted by atomic mass is 10.0. The van der Waals surface area contributed by atoms with Gasteiger partial charge in [0.05, 0.1) is 11.3 Å². The van der Waals surface area contributed by atoms with E-state index in [0.717, 1.165) is 11.3 Å². The van der Waals surface area contributed by atoms with E-state index in [1.807, 2.05) is 6.07 Å². The molecule has 86 valence electrons. The third-order valence-corrected chi connectivity index (χ3v) is 2.50. The SMILES string of the molecule is Cc1cc(C)c(C#N)c(-c2c(N)[nH][nH]c2=O)n1. The summed E-state index contributed by atoms with van der Waals surface area (Å²) in [6.07, 6.45) is 0. The number of anilines is 1. The Bertz CT molecular complexity index is 674.